The van der Waals surface area contributed by atoms with Crippen molar-refractivity contribution in [3.05, 3.63) is 28.7 Å². The minimum atomic E-state index is -0.135. The number of nitrogens with one attached hydrogen (secondary N) is 2. The predicted octanol–water partition coefficient (Wildman–Crippen LogP) is 0.333. The van der Waals surface area contributed by atoms with E-state index in [1.807, 2.05) is 0 Å². The van der Waals surface area contributed by atoms with Crippen LogP contribution in [0.1, 0.15) is 13.3 Å². The molecule has 2 atom stereocenters. The van der Waals surface area contributed by atoms with Gasteiger partial charge in [-0.2, -0.15) is 4.98 Å². The molecule has 3 heterocycles. The Balaban J connectivity index is 1.80. The van der Waals surface area contributed by atoms with Gasteiger partial charge in [0.2, 0.25) is 11.5 Å². The molecule has 0 amide bonds. The minimum absolute atomic E-state index is 0.135. The van der Waals surface area contributed by atoms with Gasteiger partial charge in [-0.15, -0.1) is 5.10 Å². The smallest absolute Gasteiger partial charge is 0.247 e. The molecule has 7 nitrogen and oxygen atoms in total. The van der Waals surface area contributed by atoms with Crippen LogP contribution in [0, 0.1) is 5.92 Å². The van der Waals surface area contributed by atoms with E-state index in [9.17, 15) is 4.79 Å². The first kappa shape index (κ1) is 12.9. The van der Waals surface area contributed by atoms with Gasteiger partial charge in [-0.25, -0.2) is 0 Å². The highest BCUT2D eigenvalue weighted by Gasteiger charge is 2.25. The first-order valence-corrected chi connectivity index (χ1v) is 6.75. The lowest BCUT2D eigenvalue weighted by molar-refractivity contribution is 0.376. The number of piperidine rings is 1. The standard InChI is InChI=1S/C13H18N6O/c1-8-4-5-19(7-10(8)14)13-16-12(17-18-13)9-2-3-11(20)15-6-9/h2-3,6,8,10H,4-5,7,14H2,1H3,(H,15,20)(H,16,17,18). The third-order valence-corrected chi connectivity index (χ3v) is 3.83. The molecule has 0 radical (unpaired) electrons. The van der Waals surface area contributed by atoms with Gasteiger partial charge in [0.1, 0.15) is 0 Å². The van der Waals surface area contributed by atoms with Crippen molar-refractivity contribution in [2.24, 2.45) is 11.7 Å². The highest BCUT2D eigenvalue weighted by Crippen LogP contribution is 2.21. The van der Waals surface area contributed by atoms with Crippen molar-refractivity contribution in [3.8, 4) is 11.4 Å². The Hall–Kier alpha value is -2.15. The normalized spacial score (nSPS) is 23.0. The Kier molecular flexibility index (Phi) is 3.27. The molecule has 1 aliphatic rings. The van der Waals surface area contributed by atoms with Crippen LogP contribution in [-0.4, -0.2) is 39.3 Å². The van der Waals surface area contributed by atoms with E-state index in [1.165, 1.54) is 6.07 Å². The number of nitrogens with zero attached hydrogens (tertiary/aromatic N) is 3. The molecule has 2 aromatic rings. The second kappa shape index (κ2) is 5.09. The van der Waals surface area contributed by atoms with E-state index in [2.05, 4.69) is 32.0 Å². The number of pyridine rings is 1. The molecule has 2 unspecified atom stereocenters. The van der Waals surface area contributed by atoms with Gasteiger partial charge in [-0.3, -0.25) is 9.89 Å². The van der Waals surface area contributed by atoms with E-state index in [4.69, 9.17) is 5.73 Å². The van der Waals surface area contributed by atoms with Crippen molar-refractivity contribution < 1.29 is 0 Å². The van der Waals surface area contributed by atoms with E-state index >= 15 is 0 Å². The van der Waals surface area contributed by atoms with Crippen LogP contribution in [-0.2, 0) is 0 Å². The van der Waals surface area contributed by atoms with Crippen LogP contribution in [0.25, 0.3) is 11.4 Å². The maximum atomic E-state index is 11.0. The van der Waals surface area contributed by atoms with Crippen molar-refractivity contribution in [1.82, 2.24) is 20.2 Å². The van der Waals surface area contributed by atoms with Crippen LogP contribution in [0.3, 0.4) is 0 Å². The zero-order valence-corrected chi connectivity index (χ0v) is 11.3. The van der Waals surface area contributed by atoms with Gasteiger partial charge in [-0.1, -0.05) is 6.92 Å². The summed E-state index contributed by atoms with van der Waals surface area (Å²) in [7, 11) is 0. The molecule has 1 saturated heterocycles. The summed E-state index contributed by atoms with van der Waals surface area (Å²) >= 11 is 0. The maximum absolute atomic E-state index is 11.0. The fraction of sp³-hybridized carbons (Fsp3) is 0.462. The van der Waals surface area contributed by atoms with E-state index in [0.29, 0.717) is 17.7 Å². The molecule has 1 fully saturated rings. The molecule has 1 aliphatic heterocycles. The highest BCUT2D eigenvalue weighted by atomic mass is 16.1. The number of anilines is 1. The zero-order valence-electron chi connectivity index (χ0n) is 11.3. The Morgan fingerprint density at radius 3 is 3.00 bits per heavy atom. The molecule has 0 bridgehead atoms. The second-order valence-electron chi connectivity index (χ2n) is 5.30. The fourth-order valence-electron chi connectivity index (χ4n) is 2.36. The van der Waals surface area contributed by atoms with E-state index in [0.717, 1.165) is 25.1 Å². The van der Waals surface area contributed by atoms with Crippen LogP contribution in [0.15, 0.2) is 23.1 Å². The molecule has 20 heavy (non-hydrogen) atoms. The molecule has 0 aromatic carbocycles. The summed E-state index contributed by atoms with van der Waals surface area (Å²) in [5.41, 5.74) is 6.76. The van der Waals surface area contributed by atoms with Crippen molar-refractivity contribution in [1.29, 1.82) is 0 Å². The SMILES string of the molecule is CC1CCN(c2n[nH]c(-c3ccc(=O)[nH]c3)n2)CC1N. The lowest BCUT2D eigenvalue weighted by Crippen LogP contribution is -2.48. The van der Waals surface area contributed by atoms with Crippen LogP contribution in [0.5, 0.6) is 0 Å². The molecule has 4 N–H and O–H groups in total. The van der Waals surface area contributed by atoms with Crippen LogP contribution < -0.4 is 16.2 Å². The molecule has 106 valence electrons. The summed E-state index contributed by atoms with van der Waals surface area (Å²) in [6, 6.07) is 3.34. The third kappa shape index (κ3) is 2.44. The molecule has 3 rings (SSSR count). The number of hydrogen-bond acceptors (Lipinski definition) is 5. The summed E-state index contributed by atoms with van der Waals surface area (Å²) in [6.07, 6.45) is 2.67. The maximum Gasteiger partial charge on any atom is 0.247 e. The Labute approximate surface area is 116 Å². The average Bonchev–Trinajstić information content (AvgIpc) is 2.92. The third-order valence-electron chi connectivity index (χ3n) is 3.83. The topological polar surface area (TPSA) is 104 Å². The van der Waals surface area contributed by atoms with Gasteiger partial charge >= 0.3 is 0 Å². The summed E-state index contributed by atoms with van der Waals surface area (Å²) in [5, 5.41) is 7.14. The highest BCUT2D eigenvalue weighted by molar-refractivity contribution is 5.54. The average molecular weight is 274 g/mol. The fourth-order valence-corrected chi connectivity index (χ4v) is 2.36. The van der Waals surface area contributed by atoms with E-state index in [1.54, 1.807) is 12.3 Å². The van der Waals surface area contributed by atoms with E-state index < -0.39 is 0 Å². The van der Waals surface area contributed by atoms with E-state index in [-0.39, 0.29) is 11.6 Å². The molecule has 0 aliphatic carbocycles. The Morgan fingerprint density at radius 1 is 1.45 bits per heavy atom. The number of rotatable bonds is 2. The lowest BCUT2D eigenvalue weighted by atomic mass is 9.95. The molecule has 2 aromatic heterocycles. The van der Waals surface area contributed by atoms with Gasteiger partial charge in [0.25, 0.3) is 0 Å². The number of aromatic amines is 2. The van der Waals surface area contributed by atoms with Gasteiger partial charge in [0.15, 0.2) is 5.82 Å². The van der Waals surface area contributed by atoms with Gasteiger partial charge < -0.3 is 15.6 Å². The first-order valence-electron chi connectivity index (χ1n) is 6.75. The van der Waals surface area contributed by atoms with Crippen LogP contribution >= 0.6 is 0 Å². The molecule has 0 spiro atoms. The summed E-state index contributed by atoms with van der Waals surface area (Å²) in [6.45, 7) is 3.85. The van der Waals surface area contributed by atoms with Gasteiger partial charge in [-0.05, 0) is 18.4 Å². The first-order chi connectivity index (χ1) is 9.63. The molecular weight excluding hydrogens is 256 g/mol. The number of nitrogens with two attached hydrogens (primary N) is 1. The van der Waals surface area contributed by atoms with Crippen molar-refractivity contribution in [2.75, 3.05) is 18.0 Å². The monoisotopic (exact) mass is 274 g/mol. The summed E-state index contributed by atoms with van der Waals surface area (Å²) < 4.78 is 0. The minimum Gasteiger partial charge on any atom is -0.338 e. The summed E-state index contributed by atoms with van der Waals surface area (Å²) in [5.74, 6) is 1.83. The quantitative estimate of drug-likeness (QED) is 0.732. The number of hydrogen-bond donors (Lipinski definition) is 3. The van der Waals surface area contributed by atoms with Crippen molar-refractivity contribution >= 4 is 5.95 Å². The summed E-state index contributed by atoms with van der Waals surface area (Å²) in [4.78, 5) is 20.2. The lowest BCUT2D eigenvalue weighted by Gasteiger charge is -2.34. The zero-order chi connectivity index (χ0) is 14.1. The Bertz CT molecular complexity index is 628. The molecule has 7 heteroatoms. The van der Waals surface area contributed by atoms with Gasteiger partial charge in [0, 0.05) is 37.0 Å². The number of aromatic nitrogens is 4. The van der Waals surface area contributed by atoms with Crippen molar-refractivity contribution in [2.45, 2.75) is 19.4 Å². The molecular formula is C13H18N6O. The molecule has 0 saturated carbocycles. The second-order valence-corrected chi connectivity index (χ2v) is 5.30. The van der Waals surface area contributed by atoms with Crippen molar-refractivity contribution in [3.63, 3.8) is 0 Å². The largest absolute Gasteiger partial charge is 0.338 e. The van der Waals surface area contributed by atoms with Gasteiger partial charge in [0.05, 0.1) is 0 Å². The number of H-pyrrole nitrogens is 2. The predicted molar refractivity (Wildman–Crippen MR) is 76.4 cm³/mol. The van der Waals surface area contributed by atoms with Crippen LogP contribution in [0.2, 0.25) is 0 Å². The van der Waals surface area contributed by atoms with Crippen LogP contribution in [0.4, 0.5) is 5.95 Å². The Morgan fingerprint density at radius 2 is 2.30 bits per heavy atom.